The molecule has 2 aromatic carbocycles. The SMILES string of the molecule is COc1ccc(C=NNC(=O)CSc2nnc(-c3ccccc3)n2C)cc1. The van der Waals surface area contributed by atoms with E-state index < -0.39 is 0 Å². The minimum Gasteiger partial charge on any atom is -0.497 e. The molecule has 1 amide bonds. The monoisotopic (exact) mass is 381 g/mol. The summed E-state index contributed by atoms with van der Waals surface area (Å²) in [5.74, 6) is 1.51. The van der Waals surface area contributed by atoms with Crippen LogP contribution in [-0.2, 0) is 11.8 Å². The van der Waals surface area contributed by atoms with Gasteiger partial charge in [0, 0.05) is 12.6 Å². The maximum absolute atomic E-state index is 12.0. The van der Waals surface area contributed by atoms with Gasteiger partial charge >= 0.3 is 0 Å². The lowest BCUT2D eigenvalue weighted by Gasteiger charge is -2.03. The smallest absolute Gasteiger partial charge is 0.250 e. The van der Waals surface area contributed by atoms with Gasteiger partial charge in [0.05, 0.1) is 19.1 Å². The molecule has 8 heteroatoms. The topological polar surface area (TPSA) is 81.4 Å². The number of carbonyl (C=O) groups is 1. The van der Waals surface area contributed by atoms with Crippen molar-refractivity contribution in [1.29, 1.82) is 0 Å². The van der Waals surface area contributed by atoms with Gasteiger partial charge < -0.3 is 9.30 Å². The van der Waals surface area contributed by atoms with E-state index in [1.54, 1.807) is 13.3 Å². The van der Waals surface area contributed by atoms with Crippen LogP contribution in [0.2, 0.25) is 0 Å². The first-order valence-corrected chi connectivity index (χ1v) is 9.19. The van der Waals surface area contributed by atoms with Gasteiger partial charge in [-0.25, -0.2) is 5.43 Å². The molecule has 0 unspecified atom stereocenters. The number of methoxy groups -OCH3 is 1. The number of carbonyl (C=O) groups excluding carboxylic acids is 1. The van der Waals surface area contributed by atoms with Crippen LogP contribution in [0.5, 0.6) is 5.75 Å². The number of hydrogen-bond donors (Lipinski definition) is 1. The van der Waals surface area contributed by atoms with E-state index in [9.17, 15) is 4.79 Å². The van der Waals surface area contributed by atoms with Gasteiger partial charge in [0.15, 0.2) is 11.0 Å². The normalized spacial score (nSPS) is 10.9. The number of amides is 1. The summed E-state index contributed by atoms with van der Waals surface area (Å²) in [6.07, 6.45) is 1.58. The Hall–Kier alpha value is -3.13. The highest BCUT2D eigenvalue weighted by Gasteiger charge is 2.12. The zero-order valence-electron chi connectivity index (χ0n) is 15.0. The molecule has 0 aliphatic carbocycles. The second-order valence-corrected chi connectivity index (χ2v) is 6.53. The number of aromatic nitrogens is 3. The zero-order chi connectivity index (χ0) is 19.1. The Balaban J connectivity index is 1.52. The van der Waals surface area contributed by atoms with Crippen LogP contribution in [0.4, 0.5) is 0 Å². The van der Waals surface area contributed by atoms with E-state index in [-0.39, 0.29) is 11.7 Å². The Labute approximate surface area is 161 Å². The summed E-state index contributed by atoms with van der Waals surface area (Å²) in [6.45, 7) is 0. The first kappa shape index (κ1) is 18.7. The van der Waals surface area contributed by atoms with Crippen LogP contribution in [0.1, 0.15) is 5.56 Å². The van der Waals surface area contributed by atoms with Crippen molar-refractivity contribution in [3.05, 3.63) is 60.2 Å². The maximum Gasteiger partial charge on any atom is 0.250 e. The van der Waals surface area contributed by atoms with Crippen LogP contribution in [-0.4, -0.2) is 39.7 Å². The van der Waals surface area contributed by atoms with E-state index in [1.165, 1.54) is 11.8 Å². The third kappa shape index (κ3) is 4.95. The summed E-state index contributed by atoms with van der Waals surface area (Å²) in [5.41, 5.74) is 4.35. The van der Waals surface area contributed by atoms with Crippen LogP contribution in [0.25, 0.3) is 11.4 Å². The molecule has 0 fully saturated rings. The average Bonchev–Trinajstić information content (AvgIpc) is 3.08. The Morgan fingerprint density at radius 3 is 2.63 bits per heavy atom. The fourth-order valence-electron chi connectivity index (χ4n) is 2.31. The Morgan fingerprint density at radius 2 is 1.93 bits per heavy atom. The minimum atomic E-state index is -0.214. The molecule has 0 aliphatic heterocycles. The van der Waals surface area contributed by atoms with Crippen molar-refractivity contribution in [2.24, 2.45) is 12.1 Å². The summed E-state index contributed by atoms with van der Waals surface area (Å²) >= 11 is 1.31. The molecular formula is C19H19N5O2S. The molecular weight excluding hydrogens is 362 g/mol. The molecule has 1 heterocycles. The van der Waals surface area contributed by atoms with E-state index >= 15 is 0 Å². The zero-order valence-corrected chi connectivity index (χ0v) is 15.8. The van der Waals surface area contributed by atoms with Gasteiger partial charge in [-0.2, -0.15) is 5.10 Å². The summed E-state index contributed by atoms with van der Waals surface area (Å²) in [7, 11) is 3.49. The minimum absolute atomic E-state index is 0.195. The molecule has 138 valence electrons. The number of nitrogens with one attached hydrogen (secondary N) is 1. The van der Waals surface area contributed by atoms with Gasteiger partial charge in [-0.3, -0.25) is 4.79 Å². The molecule has 0 radical (unpaired) electrons. The summed E-state index contributed by atoms with van der Waals surface area (Å²) < 4.78 is 6.96. The number of hydrazone groups is 1. The third-order valence-electron chi connectivity index (χ3n) is 3.72. The molecule has 0 spiro atoms. The van der Waals surface area contributed by atoms with Gasteiger partial charge in [0.2, 0.25) is 0 Å². The standard InChI is InChI=1S/C19H19N5O2S/c1-24-18(15-6-4-3-5-7-15)22-23-19(24)27-13-17(25)21-20-12-14-8-10-16(26-2)11-9-14/h3-12H,13H2,1-2H3,(H,21,25). The highest BCUT2D eigenvalue weighted by molar-refractivity contribution is 7.99. The van der Waals surface area contributed by atoms with Gasteiger partial charge in [-0.15, -0.1) is 10.2 Å². The molecule has 0 bridgehead atoms. The highest BCUT2D eigenvalue weighted by atomic mass is 32.2. The van der Waals surface area contributed by atoms with Crippen molar-refractivity contribution >= 4 is 23.9 Å². The van der Waals surface area contributed by atoms with Crippen LogP contribution in [0.3, 0.4) is 0 Å². The number of rotatable bonds is 7. The molecule has 7 nitrogen and oxygen atoms in total. The fourth-order valence-corrected chi connectivity index (χ4v) is 3.01. The number of ether oxygens (including phenoxy) is 1. The summed E-state index contributed by atoms with van der Waals surface area (Å²) in [6, 6.07) is 17.2. The van der Waals surface area contributed by atoms with Crippen LogP contribution in [0, 0.1) is 0 Å². The van der Waals surface area contributed by atoms with Crippen molar-refractivity contribution in [2.75, 3.05) is 12.9 Å². The molecule has 0 atom stereocenters. The van der Waals surface area contributed by atoms with Crippen LogP contribution >= 0.6 is 11.8 Å². The predicted octanol–water partition coefficient (Wildman–Crippen LogP) is 2.73. The molecule has 3 rings (SSSR count). The second kappa shape index (κ2) is 9.00. The molecule has 0 saturated heterocycles. The molecule has 0 aliphatic rings. The molecule has 3 aromatic rings. The number of thioether (sulfide) groups is 1. The van der Waals surface area contributed by atoms with Crippen molar-refractivity contribution in [3.63, 3.8) is 0 Å². The third-order valence-corrected chi connectivity index (χ3v) is 4.74. The lowest BCUT2D eigenvalue weighted by atomic mass is 10.2. The Morgan fingerprint density at radius 1 is 1.19 bits per heavy atom. The number of benzene rings is 2. The van der Waals surface area contributed by atoms with E-state index in [0.29, 0.717) is 5.16 Å². The molecule has 0 saturated carbocycles. The summed E-state index contributed by atoms with van der Waals surface area (Å²) in [4.78, 5) is 12.0. The van der Waals surface area contributed by atoms with Crippen LogP contribution < -0.4 is 10.2 Å². The predicted molar refractivity (Wildman–Crippen MR) is 106 cm³/mol. The first-order valence-electron chi connectivity index (χ1n) is 8.21. The molecule has 27 heavy (non-hydrogen) atoms. The Bertz CT molecular complexity index is 923. The van der Waals surface area contributed by atoms with Gasteiger partial charge in [0.1, 0.15) is 5.75 Å². The molecule has 1 N–H and O–H groups in total. The van der Waals surface area contributed by atoms with Crippen molar-refractivity contribution in [1.82, 2.24) is 20.2 Å². The number of hydrogen-bond acceptors (Lipinski definition) is 6. The molecule has 1 aromatic heterocycles. The first-order chi connectivity index (χ1) is 13.2. The lowest BCUT2D eigenvalue weighted by Crippen LogP contribution is -2.19. The Kier molecular flexibility index (Phi) is 6.22. The van der Waals surface area contributed by atoms with Crippen molar-refractivity contribution < 1.29 is 9.53 Å². The van der Waals surface area contributed by atoms with Crippen molar-refractivity contribution in [2.45, 2.75) is 5.16 Å². The van der Waals surface area contributed by atoms with E-state index in [4.69, 9.17) is 4.74 Å². The maximum atomic E-state index is 12.0. The fraction of sp³-hybridized carbons (Fsp3) is 0.158. The van der Waals surface area contributed by atoms with E-state index in [2.05, 4.69) is 20.7 Å². The van der Waals surface area contributed by atoms with Crippen molar-refractivity contribution in [3.8, 4) is 17.1 Å². The van der Waals surface area contributed by atoms with E-state index in [0.717, 1.165) is 22.7 Å². The lowest BCUT2D eigenvalue weighted by molar-refractivity contribution is -0.118. The largest absolute Gasteiger partial charge is 0.497 e. The van der Waals surface area contributed by atoms with Gasteiger partial charge in [-0.1, -0.05) is 42.1 Å². The van der Waals surface area contributed by atoms with E-state index in [1.807, 2.05) is 66.2 Å². The second-order valence-electron chi connectivity index (χ2n) is 5.59. The quantitative estimate of drug-likeness (QED) is 0.387. The summed E-state index contributed by atoms with van der Waals surface area (Å²) in [5, 5.41) is 13.0. The van der Waals surface area contributed by atoms with Gasteiger partial charge in [0.25, 0.3) is 5.91 Å². The van der Waals surface area contributed by atoms with Crippen LogP contribution in [0.15, 0.2) is 64.9 Å². The number of nitrogens with zero attached hydrogens (tertiary/aromatic N) is 4. The van der Waals surface area contributed by atoms with Gasteiger partial charge in [-0.05, 0) is 29.8 Å². The average molecular weight is 381 g/mol. The highest BCUT2D eigenvalue weighted by Crippen LogP contribution is 2.22.